The summed E-state index contributed by atoms with van der Waals surface area (Å²) >= 11 is 0. The van der Waals surface area contributed by atoms with Gasteiger partial charge in [0, 0.05) is 17.3 Å². The summed E-state index contributed by atoms with van der Waals surface area (Å²) < 4.78 is 34.2. The normalized spacial score (nSPS) is 11.1. The third kappa shape index (κ3) is 4.33. The molecule has 1 amide bonds. The Hall–Kier alpha value is -2.58. The largest absolute Gasteiger partial charge is 0.493 e. The average molecular weight is 378 g/mol. The van der Waals surface area contributed by atoms with Gasteiger partial charge in [-0.1, -0.05) is 0 Å². The Morgan fingerprint density at radius 2 is 1.85 bits per heavy atom. The Morgan fingerprint density at radius 3 is 2.42 bits per heavy atom. The zero-order valence-electron chi connectivity index (χ0n) is 15.1. The number of hydrogen-bond acceptors (Lipinski definition) is 5. The van der Waals surface area contributed by atoms with Crippen LogP contribution in [0.2, 0.25) is 0 Å². The molecule has 2 aromatic rings. The highest BCUT2D eigenvalue weighted by Gasteiger charge is 2.18. The number of sulfonamides is 1. The van der Waals surface area contributed by atoms with Crippen molar-refractivity contribution < 1.29 is 22.7 Å². The van der Waals surface area contributed by atoms with E-state index < -0.39 is 15.9 Å². The van der Waals surface area contributed by atoms with E-state index in [0.717, 1.165) is 0 Å². The maximum Gasteiger partial charge on any atom is 0.255 e. The van der Waals surface area contributed by atoms with Crippen LogP contribution in [0.3, 0.4) is 0 Å². The van der Waals surface area contributed by atoms with Crippen molar-refractivity contribution in [2.75, 3.05) is 19.0 Å². The molecule has 0 saturated heterocycles. The highest BCUT2D eigenvalue weighted by atomic mass is 32.2. The van der Waals surface area contributed by atoms with Crippen LogP contribution in [0, 0.1) is 13.8 Å². The Morgan fingerprint density at radius 1 is 1.15 bits per heavy atom. The maximum absolute atomic E-state index is 12.5. The van der Waals surface area contributed by atoms with Gasteiger partial charge >= 0.3 is 0 Å². The van der Waals surface area contributed by atoms with Crippen molar-refractivity contribution in [2.45, 2.75) is 25.7 Å². The van der Waals surface area contributed by atoms with E-state index in [1.807, 2.05) is 6.92 Å². The molecule has 0 atom stereocenters. The topological polar surface area (TPSA) is 108 Å². The summed E-state index contributed by atoms with van der Waals surface area (Å²) in [5.74, 6) is 0.592. The van der Waals surface area contributed by atoms with Gasteiger partial charge < -0.3 is 14.8 Å². The van der Waals surface area contributed by atoms with Crippen LogP contribution >= 0.6 is 0 Å². The molecule has 0 spiro atoms. The summed E-state index contributed by atoms with van der Waals surface area (Å²) in [5.41, 5.74) is 1.87. The first kappa shape index (κ1) is 19.7. The number of ether oxygens (including phenoxy) is 2. The zero-order valence-corrected chi connectivity index (χ0v) is 15.9. The van der Waals surface area contributed by atoms with Gasteiger partial charge in [0.15, 0.2) is 11.5 Å². The smallest absolute Gasteiger partial charge is 0.255 e. The first-order chi connectivity index (χ1) is 12.2. The molecule has 0 saturated carbocycles. The fourth-order valence-corrected chi connectivity index (χ4v) is 3.36. The van der Waals surface area contributed by atoms with E-state index in [2.05, 4.69) is 5.32 Å². The number of methoxy groups -OCH3 is 1. The monoisotopic (exact) mass is 378 g/mol. The molecule has 2 rings (SSSR count). The second-order valence-electron chi connectivity index (χ2n) is 5.71. The van der Waals surface area contributed by atoms with E-state index in [1.165, 1.54) is 13.2 Å². The van der Waals surface area contributed by atoms with Crippen LogP contribution < -0.4 is 19.9 Å². The fourth-order valence-electron chi connectivity index (χ4n) is 2.48. The number of carbonyl (C=O) groups is 1. The Labute approximate surface area is 153 Å². The number of hydrogen-bond donors (Lipinski definition) is 2. The Balaban J connectivity index is 2.35. The van der Waals surface area contributed by atoms with E-state index in [0.29, 0.717) is 34.9 Å². The van der Waals surface area contributed by atoms with Gasteiger partial charge in [-0.3, -0.25) is 4.79 Å². The van der Waals surface area contributed by atoms with Crippen LogP contribution in [0.4, 0.5) is 5.69 Å². The minimum Gasteiger partial charge on any atom is -0.493 e. The number of aryl methyl sites for hydroxylation is 1. The molecule has 140 valence electrons. The van der Waals surface area contributed by atoms with Crippen LogP contribution in [0.25, 0.3) is 0 Å². The predicted molar refractivity (Wildman–Crippen MR) is 99.4 cm³/mol. The van der Waals surface area contributed by atoms with Gasteiger partial charge in [0.2, 0.25) is 10.0 Å². The van der Waals surface area contributed by atoms with E-state index in [-0.39, 0.29) is 10.5 Å². The second-order valence-corrected chi connectivity index (χ2v) is 7.24. The SMILES string of the molecule is CCOc1ccc(NC(=O)c2cc(C)c(C)c(S(N)(=O)=O)c2)cc1OC. The van der Waals surface area contributed by atoms with Gasteiger partial charge in [0.1, 0.15) is 0 Å². The average Bonchev–Trinajstić information content (AvgIpc) is 2.57. The molecule has 0 radical (unpaired) electrons. The number of rotatable bonds is 6. The molecule has 7 nitrogen and oxygen atoms in total. The molecule has 0 heterocycles. The second kappa shape index (κ2) is 7.76. The number of nitrogens with two attached hydrogens (primary N) is 1. The molecule has 0 aliphatic heterocycles. The van der Waals surface area contributed by atoms with Gasteiger partial charge in [0.25, 0.3) is 5.91 Å². The quantitative estimate of drug-likeness (QED) is 0.803. The van der Waals surface area contributed by atoms with E-state index >= 15 is 0 Å². The van der Waals surface area contributed by atoms with Crippen LogP contribution in [0.15, 0.2) is 35.2 Å². The highest BCUT2D eigenvalue weighted by molar-refractivity contribution is 7.89. The summed E-state index contributed by atoms with van der Waals surface area (Å²) in [6.07, 6.45) is 0. The van der Waals surface area contributed by atoms with E-state index in [9.17, 15) is 13.2 Å². The molecule has 3 N–H and O–H groups in total. The molecule has 26 heavy (non-hydrogen) atoms. The number of anilines is 1. The lowest BCUT2D eigenvalue weighted by Crippen LogP contribution is -2.18. The molecular formula is C18H22N2O5S. The van der Waals surface area contributed by atoms with Gasteiger partial charge in [-0.25, -0.2) is 13.6 Å². The number of benzene rings is 2. The molecule has 0 aliphatic rings. The highest BCUT2D eigenvalue weighted by Crippen LogP contribution is 2.30. The Kier molecular flexibility index (Phi) is 5.89. The first-order valence-corrected chi connectivity index (χ1v) is 9.48. The molecule has 0 unspecified atom stereocenters. The number of carbonyl (C=O) groups excluding carboxylic acids is 1. The third-order valence-electron chi connectivity index (χ3n) is 3.91. The molecule has 0 bridgehead atoms. The molecule has 8 heteroatoms. The first-order valence-electron chi connectivity index (χ1n) is 7.93. The van der Waals surface area contributed by atoms with Crippen molar-refractivity contribution >= 4 is 21.6 Å². The van der Waals surface area contributed by atoms with E-state index in [1.54, 1.807) is 38.1 Å². The third-order valence-corrected chi connectivity index (χ3v) is 4.95. The van der Waals surface area contributed by atoms with Gasteiger partial charge in [-0.05, 0) is 56.2 Å². The summed E-state index contributed by atoms with van der Waals surface area (Å²) in [6.45, 7) is 5.72. The molecule has 0 aromatic heterocycles. The standard InChI is InChI=1S/C18H22N2O5S/c1-5-25-15-7-6-14(10-16(15)24-4)20-18(21)13-8-11(2)12(3)17(9-13)26(19,22)23/h6-10H,5H2,1-4H3,(H,20,21)(H2,19,22,23). The Bertz CT molecular complexity index is 939. The van der Waals surface area contributed by atoms with Crippen molar-refractivity contribution in [2.24, 2.45) is 5.14 Å². The minimum atomic E-state index is -3.92. The summed E-state index contributed by atoms with van der Waals surface area (Å²) in [7, 11) is -2.42. The lowest BCUT2D eigenvalue weighted by atomic mass is 10.1. The van der Waals surface area contributed by atoms with Gasteiger partial charge in [-0.15, -0.1) is 0 Å². The molecule has 0 aliphatic carbocycles. The van der Waals surface area contributed by atoms with E-state index in [4.69, 9.17) is 14.6 Å². The van der Waals surface area contributed by atoms with Crippen molar-refractivity contribution in [3.05, 3.63) is 47.0 Å². The zero-order chi connectivity index (χ0) is 19.5. The van der Waals surface area contributed by atoms with Crippen molar-refractivity contribution in [1.82, 2.24) is 0 Å². The maximum atomic E-state index is 12.5. The van der Waals surface area contributed by atoms with Crippen LogP contribution in [0.1, 0.15) is 28.4 Å². The fraction of sp³-hybridized carbons (Fsp3) is 0.278. The number of primary sulfonamides is 1. The lowest BCUT2D eigenvalue weighted by molar-refractivity contribution is 0.102. The van der Waals surface area contributed by atoms with Gasteiger partial charge in [0.05, 0.1) is 18.6 Å². The van der Waals surface area contributed by atoms with Crippen molar-refractivity contribution in [1.29, 1.82) is 0 Å². The molecule has 0 fully saturated rings. The summed E-state index contributed by atoms with van der Waals surface area (Å²) in [6, 6.07) is 7.88. The minimum absolute atomic E-state index is 0.0630. The predicted octanol–water partition coefficient (Wildman–Crippen LogP) is 2.61. The van der Waals surface area contributed by atoms with Crippen LogP contribution in [-0.4, -0.2) is 28.0 Å². The van der Waals surface area contributed by atoms with Crippen LogP contribution in [0.5, 0.6) is 11.5 Å². The molecular weight excluding hydrogens is 356 g/mol. The number of nitrogens with one attached hydrogen (secondary N) is 1. The van der Waals surface area contributed by atoms with Crippen LogP contribution in [-0.2, 0) is 10.0 Å². The van der Waals surface area contributed by atoms with Crippen molar-refractivity contribution in [3.8, 4) is 11.5 Å². The summed E-state index contributed by atoms with van der Waals surface area (Å²) in [5, 5.41) is 7.96. The van der Waals surface area contributed by atoms with Gasteiger partial charge in [-0.2, -0.15) is 0 Å². The molecule has 2 aromatic carbocycles. The van der Waals surface area contributed by atoms with Crippen molar-refractivity contribution in [3.63, 3.8) is 0 Å². The lowest BCUT2D eigenvalue weighted by Gasteiger charge is -2.13. The number of amides is 1. The summed E-state index contributed by atoms with van der Waals surface area (Å²) in [4.78, 5) is 12.5.